The van der Waals surface area contributed by atoms with Crippen molar-refractivity contribution in [3.8, 4) is 0 Å². The van der Waals surface area contributed by atoms with Crippen molar-refractivity contribution in [1.29, 1.82) is 0 Å². The molecular weight excluding hydrogens is 348 g/mol. The molecule has 4 rings (SSSR count). The van der Waals surface area contributed by atoms with E-state index in [0.717, 1.165) is 4.57 Å². The van der Waals surface area contributed by atoms with Gasteiger partial charge >= 0.3 is 5.69 Å². The average molecular weight is 362 g/mol. The zero-order valence-electron chi connectivity index (χ0n) is 12.3. The lowest BCUT2D eigenvalue weighted by Gasteiger charge is -2.32. The molecule has 4 unspecified atom stereocenters. The molecule has 0 aromatic carbocycles. The number of hydrogen-bond acceptors (Lipinski definition) is 9. The third-order valence-electron chi connectivity index (χ3n) is 4.63. The molecule has 0 aliphatic carbocycles. The first-order valence-corrected chi connectivity index (χ1v) is 8.63. The minimum absolute atomic E-state index is 0.187. The third-order valence-corrected chi connectivity index (χ3v) is 5.91. The predicted molar refractivity (Wildman–Crippen MR) is 74.5 cm³/mol. The Balaban J connectivity index is 1.84. The summed E-state index contributed by atoms with van der Waals surface area (Å²) in [6, 6.07) is 0. The lowest BCUT2D eigenvalue weighted by molar-refractivity contribution is -0.238. The monoisotopic (exact) mass is 362 g/mol. The predicted octanol–water partition coefficient (Wildman–Crippen LogP) is -3.08. The summed E-state index contributed by atoms with van der Waals surface area (Å²) >= 11 is 0. The standard InChI is InChI=1S/C12H14N2O9S/c1-5-2-14(10(17)13-8(5)16)9-7(15)12-6(22-9)3-21-11(12,18)4-24(19,20)23-12/h2,6-7,9,15,18H,3-4H2,1H3,(H,13,16,17)/t6?,7?,9-,11?,12?/m1/s1. The van der Waals surface area contributed by atoms with E-state index in [9.17, 15) is 28.2 Å². The fourth-order valence-electron chi connectivity index (χ4n) is 3.51. The van der Waals surface area contributed by atoms with Crippen molar-refractivity contribution < 1.29 is 32.3 Å². The van der Waals surface area contributed by atoms with E-state index < -0.39 is 56.9 Å². The molecule has 0 saturated carbocycles. The van der Waals surface area contributed by atoms with Crippen molar-refractivity contribution in [3.63, 3.8) is 0 Å². The van der Waals surface area contributed by atoms with Crippen LogP contribution < -0.4 is 11.2 Å². The van der Waals surface area contributed by atoms with E-state index in [0.29, 0.717) is 0 Å². The number of ether oxygens (including phenoxy) is 2. The molecule has 5 atom stereocenters. The van der Waals surface area contributed by atoms with Crippen LogP contribution in [0.4, 0.5) is 0 Å². The molecule has 24 heavy (non-hydrogen) atoms. The van der Waals surface area contributed by atoms with Crippen LogP contribution >= 0.6 is 0 Å². The van der Waals surface area contributed by atoms with Crippen molar-refractivity contribution in [1.82, 2.24) is 9.55 Å². The van der Waals surface area contributed by atoms with E-state index in [1.54, 1.807) is 0 Å². The zero-order valence-corrected chi connectivity index (χ0v) is 13.1. The van der Waals surface area contributed by atoms with Gasteiger partial charge in [0.15, 0.2) is 6.23 Å². The molecule has 1 spiro atoms. The van der Waals surface area contributed by atoms with Crippen LogP contribution in [-0.2, 0) is 23.8 Å². The molecule has 132 valence electrons. The molecule has 3 N–H and O–H groups in total. The van der Waals surface area contributed by atoms with Gasteiger partial charge in [0.1, 0.15) is 18.0 Å². The Labute approximate surface area is 134 Å². The van der Waals surface area contributed by atoms with Crippen LogP contribution in [0.3, 0.4) is 0 Å². The molecule has 3 aliphatic rings. The fraction of sp³-hybridized carbons (Fsp3) is 0.667. The van der Waals surface area contributed by atoms with Crippen LogP contribution in [0.25, 0.3) is 0 Å². The smallest absolute Gasteiger partial charge is 0.330 e. The van der Waals surface area contributed by atoms with Crippen LogP contribution in [0.2, 0.25) is 0 Å². The van der Waals surface area contributed by atoms with Gasteiger partial charge in [-0.1, -0.05) is 0 Å². The Hall–Kier alpha value is -1.57. The Kier molecular flexibility index (Phi) is 3.01. The van der Waals surface area contributed by atoms with Gasteiger partial charge in [-0.05, 0) is 6.92 Å². The quantitative estimate of drug-likeness (QED) is 0.441. The van der Waals surface area contributed by atoms with Crippen molar-refractivity contribution in [3.05, 3.63) is 32.6 Å². The summed E-state index contributed by atoms with van der Waals surface area (Å²) in [6.45, 7) is 1.22. The van der Waals surface area contributed by atoms with Crippen molar-refractivity contribution in [2.45, 2.75) is 36.7 Å². The Bertz CT molecular complexity index is 937. The Morgan fingerprint density at radius 1 is 1.42 bits per heavy atom. The maximum absolute atomic E-state index is 12.0. The number of rotatable bonds is 1. The summed E-state index contributed by atoms with van der Waals surface area (Å²) in [5.74, 6) is -3.14. The number of aryl methyl sites for hydroxylation is 1. The Morgan fingerprint density at radius 3 is 2.83 bits per heavy atom. The number of aromatic nitrogens is 2. The third kappa shape index (κ3) is 1.80. The first-order valence-electron chi connectivity index (χ1n) is 7.05. The summed E-state index contributed by atoms with van der Waals surface area (Å²) in [6.07, 6.45) is -3.02. The molecule has 11 nitrogen and oxygen atoms in total. The molecule has 0 amide bonds. The highest BCUT2D eigenvalue weighted by molar-refractivity contribution is 7.87. The molecule has 1 aromatic rings. The number of H-pyrrole nitrogens is 1. The van der Waals surface area contributed by atoms with Crippen LogP contribution in [0, 0.1) is 6.92 Å². The maximum atomic E-state index is 12.0. The first-order chi connectivity index (χ1) is 11.1. The number of aliphatic hydroxyl groups is 2. The van der Waals surface area contributed by atoms with E-state index in [1.165, 1.54) is 13.1 Å². The summed E-state index contributed by atoms with van der Waals surface area (Å²) in [5.41, 5.74) is -3.33. The van der Waals surface area contributed by atoms with E-state index >= 15 is 0 Å². The van der Waals surface area contributed by atoms with E-state index in [-0.39, 0.29) is 12.2 Å². The second-order valence-corrected chi connectivity index (χ2v) is 7.68. The van der Waals surface area contributed by atoms with Crippen molar-refractivity contribution in [2.75, 3.05) is 12.4 Å². The summed E-state index contributed by atoms with van der Waals surface area (Å²) in [4.78, 5) is 25.5. The van der Waals surface area contributed by atoms with Gasteiger partial charge < -0.3 is 19.7 Å². The van der Waals surface area contributed by atoms with Crippen LogP contribution in [0.1, 0.15) is 11.8 Å². The highest BCUT2D eigenvalue weighted by Crippen LogP contribution is 2.55. The largest absolute Gasteiger partial charge is 0.385 e. The highest BCUT2D eigenvalue weighted by Gasteiger charge is 2.79. The van der Waals surface area contributed by atoms with Gasteiger partial charge in [-0.25, -0.2) is 4.79 Å². The lowest BCUT2D eigenvalue weighted by atomic mass is 9.86. The van der Waals surface area contributed by atoms with Gasteiger partial charge in [0.05, 0.1) is 6.61 Å². The molecule has 3 aliphatic heterocycles. The van der Waals surface area contributed by atoms with Gasteiger partial charge in [0.2, 0.25) is 11.4 Å². The minimum Gasteiger partial charge on any atom is -0.385 e. The van der Waals surface area contributed by atoms with Crippen LogP contribution in [0.5, 0.6) is 0 Å². The topological polar surface area (TPSA) is 157 Å². The second kappa shape index (κ2) is 4.53. The highest BCUT2D eigenvalue weighted by atomic mass is 32.2. The van der Waals surface area contributed by atoms with Crippen LogP contribution in [0.15, 0.2) is 15.8 Å². The maximum Gasteiger partial charge on any atom is 0.330 e. The number of hydrogen-bond donors (Lipinski definition) is 3. The summed E-state index contributed by atoms with van der Waals surface area (Å²) < 4.78 is 40.1. The molecule has 0 radical (unpaired) electrons. The summed E-state index contributed by atoms with van der Waals surface area (Å²) in [7, 11) is -4.15. The van der Waals surface area contributed by atoms with Crippen LogP contribution in [-0.4, -0.2) is 64.1 Å². The number of aliphatic hydroxyl groups excluding tert-OH is 1. The van der Waals surface area contributed by atoms with Gasteiger partial charge in [-0.2, -0.15) is 8.42 Å². The van der Waals surface area contributed by atoms with E-state index in [1.807, 2.05) is 0 Å². The van der Waals surface area contributed by atoms with Crippen molar-refractivity contribution in [2.24, 2.45) is 0 Å². The van der Waals surface area contributed by atoms with Gasteiger partial charge in [0, 0.05) is 11.8 Å². The van der Waals surface area contributed by atoms with Gasteiger partial charge in [0.25, 0.3) is 15.7 Å². The summed E-state index contributed by atoms with van der Waals surface area (Å²) in [5, 5.41) is 21.2. The lowest BCUT2D eigenvalue weighted by Crippen LogP contribution is -2.59. The second-order valence-electron chi connectivity index (χ2n) is 6.11. The minimum atomic E-state index is -4.15. The number of aromatic amines is 1. The molecule has 3 saturated heterocycles. The normalized spacial score (nSPS) is 42.9. The first kappa shape index (κ1) is 15.9. The van der Waals surface area contributed by atoms with Crippen molar-refractivity contribution >= 4 is 10.1 Å². The average Bonchev–Trinajstić information content (AvgIpc) is 2.96. The molecule has 12 heteroatoms. The van der Waals surface area contributed by atoms with E-state index in [2.05, 4.69) is 4.98 Å². The molecule has 4 heterocycles. The SMILES string of the molecule is Cc1cn([C@@H]2OC3COC4(O)CS(=O)(=O)OC34C2O)c(=O)[nH]c1=O. The Morgan fingerprint density at radius 2 is 2.12 bits per heavy atom. The van der Waals surface area contributed by atoms with Gasteiger partial charge in [-0.15, -0.1) is 0 Å². The van der Waals surface area contributed by atoms with E-state index in [4.69, 9.17) is 13.7 Å². The molecular formula is C12H14N2O9S. The molecule has 1 aromatic heterocycles. The molecule has 0 bridgehead atoms. The number of nitrogens with one attached hydrogen (secondary N) is 1. The number of nitrogens with zero attached hydrogens (tertiary/aromatic N) is 1. The van der Waals surface area contributed by atoms with Gasteiger partial charge in [-0.3, -0.25) is 18.5 Å². The fourth-order valence-corrected chi connectivity index (χ4v) is 5.12. The zero-order chi connectivity index (χ0) is 17.5. The molecule has 3 fully saturated rings.